The maximum absolute atomic E-state index is 6.91. The molecule has 0 bridgehead atoms. The first-order valence-electron chi connectivity index (χ1n) is 23.3. The lowest BCUT2D eigenvalue weighted by Gasteiger charge is -2.32. The highest BCUT2D eigenvalue weighted by Crippen LogP contribution is 2.63. The van der Waals surface area contributed by atoms with Crippen LogP contribution in [0.4, 0.5) is 17.1 Å². The molecule has 10 aromatic carbocycles. The number of anilines is 3. The minimum Gasteiger partial charge on any atom is -0.456 e. The average Bonchev–Trinajstić information content (AvgIpc) is 4.15. The van der Waals surface area contributed by atoms with Gasteiger partial charge in [0.25, 0.3) is 0 Å². The van der Waals surface area contributed by atoms with Crippen molar-refractivity contribution in [2.45, 2.75) is 24.7 Å². The number of nitrogens with zero attached hydrogens (tertiary/aromatic N) is 1. The topological polar surface area (TPSA) is 29.5 Å². The molecular weight excluding hydrogens is 815 g/mol. The quantitative estimate of drug-likeness (QED) is 0.177. The van der Waals surface area contributed by atoms with Crippen molar-refractivity contribution in [3.63, 3.8) is 0 Å². The molecule has 0 amide bonds. The summed E-state index contributed by atoms with van der Waals surface area (Å²) < 4.78 is 13.8. The van der Waals surface area contributed by atoms with Crippen molar-refractivity contribution in [2.24, 2.45) is 0 Å². The van der Waals surface area contributed by atoms with E-state index in [-0.39, 0.29) is 5.41 Å². The van der Waals surface area contributed by atoms with E-state index in [0.29, 0.717) is 0 Å². The van der Waals surface area contributed by atoms with E-state index in [2.05, 4.69) is 231 Å². The van der Waals surface area contributed by atoms with E-state index in [1.165, 1.54) is 66.8 Å². The van der Waals surface area contributed by atoms with Crippen LogP contribution in [-0.4, -0.2) is 0 Å². The van der Waals surface area contributed by atoms with Gasteiger partial charge in [0, 0.05) is 38.5 Å². The molecule has 2 aromatic heterocycles. The third-order valence-corrected chi connectivity index (χ3v) is 15.5. The van der Waals surface area contributed by atoms with Gasteiger partial charge in [0.05, 0.1) is 16.5 Å². The molecule has 0 aliphatic heterocycles. The first-order valence-corrected chi connectivity index (χ1v) is 23.3. The predicted octanol–water partition coefficient (Wildman–Crippen LogP) is 17.3. The van der Waals surface area contributed by atoms with Crippen LogP contribution in [0.15, 0.2) is 221 Å². The second-order valence-corrected chi connectivity index (χ2v) is 19.1. The number of hydrogen-bond acceptors (Lipinski definition) is 3. The number of furan rings is 2. The maximum atomic E-state index is 6.91. The van der Waals surface area contributed by atoms with Crippen molar-refractivity contribution >= 4 is 60.9 Å². The van der Waals surface area contributed by atoms with E-state index in [4.69, 9.17) is 8.83 Å². The Kier molecular flexibility index (Phi) is 7.22. The van der Waals surface area contributed by atoms with Gasteiger partial charge in [-0.3, -0.25) is 0 Å². The fraction of sp³-hybridized carbons (Fsp3) is 0.0625. The maximum Gasteiger partial charge on any atom is 0.143 e. The Balaban J connectivity index is 1.01. The van der Waals surface area contributed by atoms with Crippen molar-refractivity contribution in [1.29, 1.82) is 0 Å². The largest absolute Gasteiger partial charge is 0.456 e. The van der Waals surface area contributed by atoms with E-state index < -0.39 is 5.41 Å². The third-order valence-electron chi connectivity index (χ3n) is 15.5. The summed E-state index contributed by atoms with van der Waals surface area (Å²) in [6.45, 7) is 4.73. The molecule has 0 N–H and O–H groups in total. The molecule has 0 saturated carbocycles. The Hall–Kier alpha value is -8.40. The lowest BCUT2D eigenvalue weighted by molar-refractivity contribution is 0.660. The summed E-state index contributed by atoms with van der Waals surface area (Å²) in [5, 5.41) is 4.17. The van der Waals surface area contributed by atoms with Gasteiger partial charge in [0.1, 0.15) is 22.3 Å². The summed E-state index contributed by atoms with van der Waals surface area (Å²) in [5.74, 6) is 0. The van der Waals surface area contributed by atoms with E-state index in [1.807, 2.05) is 0 Å². The number of rotatable bonds is 4. The summed E-state index contributed by atoms with van der Waals surface area (Å²) in [6.07, 6.45) is 0. The molecule has 0 saturated heterocycles. The summed E-state index contributed by atoms with van der Waals surface area (Å²) in [7, 11) is 0. The average molecular weight is 856 g/mol. The molecule has 1 spiro atoms. The standard InChI is InChI=1S/C64H41NO2/c1-63(2)51-24-10-6-18-42(51)46-32-30-39(34-55(46)63)65(40-31-33-47-45-21-9-13-27-54(45)64(56(47)35-40)52-25-11-7-19-43(52)44-20-8-12-26-53(44)64)57-28-15-29-58-61(57)50-37-59-49(36-60(50)66-58)48-23-14-22-41(62(48)67-59)38-16-4-3-5-17-38/h3-37H,1-2H3. The van der Waals surface area contributed by atoms with Crippen LogP contribution in [0.25, 0.3) is 88.4 Å². The second-order valence-electron chi connectivity index (χ2n) is 19.1. The minimum absolute atomic E-state index is 0.186. The molecule has 3 heteroatoms. The van der Waals surface area contributed by atoms with Gasteiger partial charge in [-0.2, -0.15) is 0 Å². The van der Waals surface area contributed by atoms with E-state index >= 15 is 0 Å². The Bertz CT molecular complexity index is 4030. The first kappa shape index (κ1) is 36.9. The van der Waals surface area contributed by atoms with Crippen LogP contribution in [0.1, 0.15) is 47.2 Å². The van der Waals surface area contributed by atoms with E-state index in [1.54, 1.807) is 0 Å². The van der Waals surface area contributed by atoms with Gasteiger partial charge in [0.15, 0.2) is 0 Å². The van der Waals surface area contributed by atoms with Crippen LogP contribution in [0, 0.1) is 0 Å². The number of hydrogen-bond donors (Lipinski definition) is 0. The summed E-state index contributed by atoms with van der Waals surface area (Å²) in [6, 6.07) is 78.1. The van der Waals surface area contributed by atoms with Crippen molar-refractivity contribution in [2.75, 3.05) is 4.90 Å². The van der Waals surface area contributed by atoms with Crippen LogP contribution in [0.2, 0.25) is 0 Å². The van der Waals surface area contributed by atoms with Gasteiger partial charge in [-0.15, -0.1) is 0 Å². The van der Waals surface area contributed by atoms with Gasteiger partial charge in [-0.05, 0) is 121 Å². The lowest BCUT2D eigenvalue weighted by atomic mass is 9.70. The van der Waals surface area contributed by atoms with Crippen molar-refractivity contribution in [1.82, 2.24) is 0 Å². The van der Waals surface area contributed by atoms with E-state index in [0.717, 1.165) is 72.1 Å². The molecule has 314 valence electrons. The van der Waals surface area contributed by atoms with E-state index in [9.17, 15) is 0 Å². The molecule has 0 unspecified atom stereocenters. The molecule has 3 aliphatic rings. The second kappa shape index (κ2) is 13.1. The fourth-order valence-electron chi connectivity index (χ4n) is 12.6. The molecule has 2 heterocycles. The van der Waals surface area contributed by atoms with Crippen LogP contribution >= 0.6 is 0 Å². The Morgan fingerprint density at radius 3 is 1.52 bits per heavy atom. The summed E-state index contributed by atoms with van der Waals surface area (Å²) in [5.41, 5.74) is 23.8. The summed E-state index contributed by atoms with van der Waals surface area (Å²) >= 11 is 0. The number of benzene rings is 10. The number of para-hydroxylation sites is 1. The van der Waals surface area contributed by atoms with Gasteiger partial charge in [-0.1, -0.05) is 178 Å². The highest BCUT2D eigenvalue weighted by molar-refractivity contribution is 6.20. The minimum atomic E-state index is -0.484. The van der Waals surface area contributed by atoms with Crippen LogP contribution in [0.3, 0.4) is 0 Å². The van der Waals surface area contributed by atoms with Gasteiger partial charge >= 0.3 is 0 Å². The van der Waals surface area contributed by atoms with Crippen LogP contribution in [0.5, 0.6) is 0 Å². The smallest absolute Gasteiger partial charge is 0.143 e. The van der Waals surface area contributed by atoms with Crippen LogP contribution < -0.4 is 4.90 Å². The molecule has 3 aliphatic carbocycles. The first-order chi connectivity index (χ1) is 33.0. The molecule has 0 fully saturated rings. The molecule has 0 atom stereocenters. The lowest BCUT2D eigenvalue weighted by Crippen LogP contribution is -2.26. The molecular formula is C64H41NO2. The Labute approximate surface area is 387 Å². The Morgan fingerprint density at radius 1 is 0.343 bits per heavy atom. The van der Waals surface area contributed by atoms with Crippen molar-refractivity contribution < 1.29 is 8.83 Å². The van der Waals surface area contributed by atoms with Gasteiger partial charge in [-0.25, -0.2) is 0 Å². The monoisotopic (exact) mass is 855 g/mol. The molecule has 3 nitrogen and oxygen atoms in total. The predicted molar refractivity (Wildman–Crippen MR) is 275 cm³/mol. The van der Waals surface area contributed by atoms with Gasteiger partial charge < -0.3 is 13.7 Å². The van der Waals surface area contributed by atoms with Crippen LogP contribution in [-0.2, 0) is 10.8 Å². The molecule has 12 aromatic rings. The SMILES string of the molecule is CC1(C)c2ccccc2-c2ccc(N(c3ccc4c(c3)C3(c5ccccc5-c5ccccc53)c3ccccc3-4)c3cccc4oc5cc6c(cc5c34)oc3c(-c4ccccc4)cccc36)cc21. The normalized spacial score (nSPS) is 14.4. The van der Waals surface area contributed by atoms with Gasteiger partial charge in [0.2, 0.25) is 0 Å². The third kappa shape index (κ3) is 4.75. The summed E-state index contributed by atoms with van der Waals surface area (Å²) in [4.78, 5) is 2.48. The zero-order valence-electron chi connectivity index (χ0n) is 37.0. The zero-order chi connectivity index (χ0) is 44.2. The zero-order valence-corrected chi connectivity index (χ0v) is 37.0. The molecule has 0 radical (unpaired) electrons. The Morgan fingerprint density at radius 2 is 0.851 bits per heavy atom. The van der Waals surface area contributed by atoms with Crippen molar-refractivity contribution in [3.8, 4) is 44.5 Å². The highest BCUT2D eigenvalue weighted by atomic mass is 16.3. The van der Waals surface area contributed by atoms with Crippen molar-refractivity contribution in [3.05, 3.63) is 246 Å². The highest BCUT2D eigenvalue weighted by Gasteiger charge is 2.51. The molecule has 15 rings (SSSR count). The molecule has 67 heavy (non-hydrogen) atoms. The number of fused-ring (bicyclic) bond motifs is 19. The fourth-order valence-corrected chi connectivity index (χ4v) is 12.6.